The smallest absolute Gasteiger partial charge is 0.276 e. The number of rotatable bonds is 4. The normalized spacial score (nSPS) is 18.5. The number of fused-ring (bicyclic) bond motifs is 1. The monoisotopic (exact) mass is 410 g/mol. The number of benzene rings is 1. The number of anilines is 1. The summed E-state index contributed by atoms with van der Waals surface area (Å²) in [5.41, 5.74) is 1.51. The van der Waals surface area contributed by atoms with E-state index < -0.39 is 0 Å². The van der Waals surface area contributed by atoms with E-state index in [4.69, 9.17) is 4.98 Å². The number of thiazole rings is 1. The average Bonchev–Trinajstić information content (AvgIpc) is 3.41. The minimum absolute atomic E-state index is 0.0103. The van der Waals surface area contributed by atoms with Crippen molar-refractivity contribution < 1.29 is 4.79 Å². The molecule has 1 aliphatic heterocycles. The first-order valence-electron chi connectivity index (χ1n) is 10.6. The number of para-hydroxylation sites is 1. The zero-order chi connectivity index (χ0) is 19.6. The Bertz CT molecular complexity index is 951. The quantitative estimate of drug-likeness (QED) is 0.659. The van der Waals surface area contributed by atoms with E-state index in [0.717, 1.165) is 30.3 Å². The van der Waals surface area contributed by atoms with E-state index >= 15 is 0 Å². The Hall–Kier alpha value is -2.48. The van der Waals surface area contributed by atoms with Gasteiger partial charge in [0.25, 0.3) is 5.91 Å². The molecule has 0 spiro atoms. The van der Waals surface area contributed by atoms with Crippen molar-refractivity contribution in [2.75, 3.05) is 31.1 Å². The van der Waals surface area contributed by atoms with Crippen LogP contribution < -0.4 is 4.90 Å². The molecule has 1 aromatic carbocycles. The van der Waals surface area contributed by atoms with Crippen LogP contribution in [-0.4, -0.2) is 57.0 Å². The van der Waals surface area contributed by atoms with Crippen LogP contribution in [0.4, 0.5) is 5.13 Å². The van der Waals surface area contributed by atoms with E-state index in [1.54, 1.807) is 11.3 Å². The summed E-state index contributed by atoms with van der Waals surface area (Å²) in [4.78, 5) is 21.8. The van der Waals surface area contributed by atoms with Gasteiger partial charge in [-0.1, -0.05) is 47.9 Å². The van der Waals surface area contributed by atoms with E-state index in [1.807, 2.05) is 34.0 Å². The standard InChI is InChI=1S/C21H26N6OS/c28-20(18-15-27(24-23-18)14-16-6-2-1-3-7-16)25-10-12-26(13-11-25)21-22-17-8-4-5-9-19(17)29-21/h4-5,8-9,15-16H,1-3,6-7,10-14H2. The third-order valence-electron chi connectivity index (χ3n) is 6.05. The number of nitrogens with zero attached hydrogens (tertiary/aromatic N) is 6. The molecule has 0 bridgehead atoms. The topological polar surface area (TPSA) is 67.2 Å². The largest absolute Gasteiger partial charge is 0.345 e. The minimum Gasteiger partial charge on any atom is -0.345 e. The molecule has 5 rings (SSSR count). The van der Waals surface area contributed by atoms with Gasteiger partial charge in [-0.25, -0.2) is 4.98 Å². The first-order valence-corrected chi connectivity index (χ1v) is 11.4. The van der Waals surface area contributed by atoms with Gasteiger partial charge in [-0.2, -0.15) is 0 Å². The fraction of sp³-hybridized carbons (Fsp3) is 0.524. The highest BCUT2D eigenvalue weighted by molar-refractivity contribution is 7.22. The summed E-state index contributed by atoms with van der Waals surface area (Å²) in [6.07, 6.45) is 8.32. The van der Waals surface area contributed by atoms with Gasteiger partial charge < -0.3 is 9.80 Å². The summed E-state index contributed by atoms with van der Waals surface area (Å²) >= 11 is 1.72. The van der Waals surface area contributed by atoms with Crippen LogP contribution in [0.2, 0.25) is 0 Å². The lowest BCUT2D eigenvalue weighted by atomic mass is 9.89. The fourth-order valence-electron chi connectivity index (χ4n) is 4.38. The zero-order valence-corrected chi connectivity index (χ0v) is 17.4. The number of carbonyl (C=O) groups excluding carboxylic acids is 1. The molecule has 7 nitrogen and oxygen atoms in total. The highest BCUT2D eigenvalue weighted by atomic mass is 32.1. The molecule has 3 heterocycles. The predicted octanol–water partition coefficient (Wildman–Crippen LogP) is 3.43. The van der Waals surface area contributed by atoms with Gasteiger partial charge in [-0.05, 0) is 30.9 Å². The lowest BCUT2D eigenvalue weighted by Crippen LogP contribution is -2.48. The van der Waals surface area contributed by atoms with Gasteiger partial charge >= 0.3 is 0 Å². The minimum atomic E-state index is -0.0103. The van der Waals surface area contributed by atoms with Crippen molar-refractivity contribution in [1.82, 2.24) is 24.9 Å². The van der Waals surface area contributed by atoms with Crippen molar-refractivity contribution in [3.63, 3.8) is 0 Å². The zero-order valence-electron chi connectivity index (χ0n) is 16.5. The third kappa shape index (κ3) is 3.99. The van der Waals surface area contributed by atoms with Crippen molar-refractivity contribution in [2.45, 2.75) is 38.6 Å². The maximum absolute atomic E-state index is 12.9. The molecule has 1 amide bonds. The molecule has 1 aliphatic carbocycles. The molecule has 0 radical (unpaired) electrons. The van der Waals surface area contributed by atoms with E-state index in [1.165, 1.54) is 36.8 Å². The van der Waals surface area contributed by atoms with Gasteiger partial charge in [-0.3, -0.25) is 9.48 Å². The van der Waals surface area contributed by atoms with Crippen molar-refractivity contribution in [3.05, 3.63) is 36.2 Å². The second kappa shape index (κ2) is 8.10. The maximum atomic E-state index is 12.9. The van der Waals surface area contributed by atoms with E-state index in [-0.39, 0.29) is 5.91 Å². The maximum Gasteiger partial charge on any atom is 0.276 e. The van der Waals surface area contributed by atoms with Crippen LogP contribution in [0.25, 0.3) is 10.2 Å². The van der Waals surface area contributed by atoms with Crippen molar-refractivity contribution >= 4 is 32.6 Å². The summed E-state index contributed by atoms with van der Waals surface area (Å²) in [6.45, 7) is 3.84. The van der Waals surface area contributed by atoms with Crippen LogP contribution in [0, 0.1) is 5.92 Å². The molecular weight excluding hydrogens is 384 g/mol. The van der Waals surface area contributed by atoms with E-state index in [0.29, 0.717) is 24.7 Å². The predicted molar refractivity (Wildman–Crippen MR) is 114 cm³/mol. The first-order chi connectivity index (χ1) is 14.3. The van der Waals surface area contributed by atoms with Gasteiger partial charge in [0.15, 0.2) is 10.8 Å². The number of hydrogen-bond acceptors (Lipinski definition) is 6. The Morgan fingerprint density at radius 2 is 1.86 bits per heavy atom. The number of amides is 1. The van der Waals surface area contributed by atoms with Gasteiger partial charge in [0, 0.05) is 32.7 Å². The summed E-state index contributed by atoms with van der Waals surface area (Å²) < 4.78 is 3.07. The lowest BCUT2D eigenvalue weighted by molar-refractivity contribution is 0.0740. The molecule has 3 aromatic rings. The summed E-state index contributed by atoms with van der Waals surface area (Å²) in [7, 11) is 0. The van der Waals surface area contributed by atoms with E-state index in [9.17, 15) is 4.79 Å². The van der Waals surface area contributed by atoms with Crippen LogP contribution >= 0.6 is 11.3 Å². The molecule has 1 saturated heterocycles. The van der Waals surface area contributed by atoms with Gasteiger partial charge in [-0.15, -0.1) is 5.10 Å². The number of hydrogen-bond donors (Lipinski definition) is 0. The lowest BCUT2D eigenvalue weighted by Gasteiger charge is -2.34. The first kappa shape index (κ1) is 18.5. The van der Waals surface area contributed by atoms with Crippen LogP contribution in [0.1, 0.15) is 42.6 Å². The Morgan fingerprint density at radius 1 is 1.07 bits per heavy atom. The molecule has 2 fully saturated rings. The second-order valence-corrected chi connectivity index (χ2v) is 9.08. The third-order valence-corrected chi connectivity index (χ3v) is 7.14. The van der Waals surface area contributed by atoms with Crippen LogP contribution in [0.5, 0.6) is 0 Å². The van der Waals surface area contributed by atoms with Crippen LogP contribution in [0.3, 0.4) is 0 Å². The second-order valence-electron chi connectivity index (χ2n) is 8.07. The van der Waals surface area contributed by atoms with Gasteiger partial charge in [0.05, 0.1) is 16.4 Å². The summed E-state index contributed by atoms with van der Waals surface area (Å²) in [5.74, 6) is 0.662. The SMILES string of the molecule is O=C(c1cn(CC2CCCCC2)nn1)N1CCN(c2nc3ccccc3s2)CC1. The highest BCUT2D eigenvalue weighted by Gasteiger charge is 2.26. The molecule has 1 saturated carbocycles. The molecular formula is C21H26N6OS. The Morgan fingerprint density at radius 3 is 2.66 bits per heavy atom. The molecule has 152 valence electrons. The summed E-state index contributed by atoms with van der Waals surface area (Å²) in [6, 6.07) is 8.21. The molecule has 0 N–H and O–H groups in total. The number of carbonyl (C=O) groups is 1. The Balaban J connectivity index is 1.19. The molecule has 8 heteroatoms. The molecule has 0 atom stereocenters. The Kier molecular flexibility index (Phi) is 5.18. The van der Waals surface area contributed by atoms with Crippen molar-refractivity contribution in [3.8, 4) is 0 Å². The van der Waals surface area contributed by atoms with Crippen LogP contribution in [-0.2, 0) is 6.54 Å². The van der Waals surface area contributed by atoms with Gasteiger partial charge in [0.1, 0.15) is 0 Å². The fourth-order valence-corrected chi connectivity index (χ4v) is 5.40. The summed E-state index contributed by atoms with van der Waals surface area (Å²) in [5, 5.41) is 9.41. The van der Waals surface area contributed by atoms with Crippen molar-refractivity contribution in [2.24, 2.45) is 5.92 Å². The number of piperazine rings is 1. The molecule has 0 unspecified atom stereocenters. The highest BCUT2D eigenvalue weighted by Crippen LogP contribution is 2.29. The number of aromatic nitrogens is 4. The molecule has 29 heavy (non-hydrogen) atoms. The van der Waals surface area contributed by atoms with Crippen molar-refractivity contribution in [1.29, 1.82) is 0 Å². The molecule has 2 aromatic heterocycles. The Labute approximate surface area is 174 Å². The average molecular weight is 411 g/mol. The van der Waals surface area contributed by atoms with Crippen LogP contribution in [0.15, 0.2) is 30.5 Å². The van der Waals surface area contributed by atoms with E-state index in [2.05, 4.69) is 21.3 Å². The molecule has 2 aliphatic rings. The van der Waals surface area contributed by atoms with Gasteiger partial charge in [0.2, 0.25) is 0 Å².